The van der Waals surface area contributed by atoms with Crippen molar-refractivity contribution in [1.82, 2.24) is 20.1 Å². The predicted octanol–water partition coefficient (Wildman–Crippen LogP) is 3.72. The molecule has 10 nitrogen and oxygen atoms in total. The standard InChI is InChI=1S/C33H33N5O5/c1-42-24-6-4-5-22(19-24)30-29-26(25-7-2-3-8-27(25)35-29)20-28-32(40)37(33(41)38(28)30)23-11-9-21(10-12-23)31(39)34-13-14-36-15-17-43-18-16-36/h2-12,19,28,30,35H,13-18,20H2,1H3,(H,34,39)/t28-,30+/m0/s1. The third kappa shape index (κ3) is 4.82. The average molecular weight is 580 g/mol. The van der Waals surface area contributed by atoms with Crippen molar-refractivity contribution in [1.29, 1.82) is 0 Å². The quantitative estimate of drug-likeness (QED) is 0.323. The van der Waals surface area contributed by atoms with Crippen molar-refractivity contribution in [3.05, 3.63) is 95.2 Å². The number of benzene rings is 3. The molecule has 2 N–H and O–H groups in total. The first-order valence-corrected chi connectivity index (χ1v) is 14.6. The van der Waals surface area contributed by atoms with E-state index in [-0.39, 0.29) is 11.8 Å². The lowest BCUT2D eigenvalue weighted by Gasteiger charge is -2.36. The summed E-state index contributed by atoms with van der Waals surface area (Å²) in [6.45, 7) is 4.43. The number of amides is 4. The van der Waals surface area contributed by atoms with Crippen LogP contribution in [-0.2, 0) is 16.0 Å². The summed E-state index contributed by atoms with van der Waals surface area (Å²) < 4.78 is 10.9. The molecule has 0 aliphatic carbocycles. The Labute approximate surface area is 249 Å². The second-order valence-corrected chi connectivity index (χ2v) is 11.1. The van der Waals surface area contributed by atoms with Gasteiger partial charge in [0.15, 0.2) is 0 Å². The maximum atomic E-state index is 14.1. The van der Waals surface area contributed by atoms with Crippen LogP contribution in [0.5, 0.6) is 5.75 Å². The van der Waals surface area contributed by atoms with Gasteiger partial charge in [-0.1, -0.05) is 30.3 Å². The van der Waals surface area contributed by atoms with Crippen LogP contribution in [0, 0.1) is 0 Å². The van der Waals surface area contributed by atoms with Crippen molar-refractivity contribution in [3.63, 3.8) is 0 Å². The molecule has 0 saturated carbocycles. The van der Waals surface area contributed by atoms with Gasteiger partial charge >= 0.3 is 6.03 Å². The zero-order valence-corrected chi connectivity index (χ0v) is 23.9. The van der Waals surface area contributed by atoms with Crippen molar-refractivity contribution in [3.8, 4) is 5.75 Å². The molecular weight excluding hydrogens is 546 g/mol. The Bertz CT molecular complexity index is 1690. The number of morpholine rings is 1. The minimum atomic E-state index is -0.668. The number of carbonyl (C=O) groups is 3. The number of ether oxygens (including phenoxy) is 2. The molecule has 3 aliphatic heterocycles. The van der Waals surface area contributed by atoms with Crippen LogP contribution in [-0.4, -0.2) is 85.2 Å². The number of imide groups is 1. The lowest BCUT2D eigenvalue weighted by Crippen LogP contribution is -2.44. The van der Waals surface area contributed by atoms with Crippen molar-refractivity contribution in [2.75, 3.05) is 51.4 Å². The highest BCUT2D eigenvalue weighted by Crippen LogP contribution is 2.45. The molecule has 2 saturated heterocycles. The fraction of sp³-hybridized carbons (Fsp3) is 0.303. The number of nitrogens with one attached hydrogen (secondary N) is 2. The van der Waals surface area contributed by atoms with Crippen LogP contribution < -0.4 is 15.0 Å². The van der Waals surface area contributed by atoms with Crippen molar-refractivity contribution >= 4 is 34.4 Å². The van der Waals surface area contributed by atoms with Crippen molar-refractivity contribution in [2.24, 2.45) is 0 Å². The minimum absolute atomic E-state index is 0.195. The van der Waals surface area contributed by atoms with Crippen LogP contribution in [0.3, 0.4) is 0 Å². The number of para-hydroxylation sites is 1. The third-order valence-corrected chi connectivity index (χ3v) is 8.66. The minimum Gasteiger partial charge on any atom is -0.497 e. The summed E-state index contributed by atoms with van der Waals surface area (Å²) in [5.41, 5.74) is 4.67. The third-order valence-electron chi connectivity index (χ3n) is 8.66. The molecule has 220 valence electrons. The second-order valence-electron chi connectivity index (χ2n) is 11.1. The van der Waals surface area contributed by atoms with E-state index >= 15 is 0 Å². The highest BCUT2D eigenvalue weighted by atomic mass is 16.5. The van der Waals surface area contributed by atoms with Gasteiger partial charge in [-0.3, -0.25) is 19.4 Å². The molecule has 4 heterocycles. The van der Waals surface area contributed by atoms with E-state index in [0.717, 1.165) is 47.4 Å². The summed E-state index contributed by atoms with van der Waals surface area (Å²) >= 11 is 0. The Morgan fingerprint density at radius 3 is 2.60 bits per heavy atom. The topological polar surface area (TPSA) is 107 Å². The fourth-order valence-corrected chi connectivity index (χ4v) is 6.49. The Morgan fingerprint density at radius 2 is 1.81 bits per heavy atom. The summed E-state index contributed by atoms with van der Waals surface area (Å²) in [6.07, 6.45) is 0.407. The lowest BCUT2D eigenvalue weighted by molar-refractivity contribution is -0.120. The molecule has 0 bridgehead atoms. The largest absolute Gasteiger partial charge is 0.497 e. The highest BCUT2D eigenvalue weighted by Gasteiger charge is 2.53. The average Bonchev–Trinajstić information content (AvgIpc) is 3.54. The van der Waals surface area contributed by atoms with Gasteiger partial charge in [-0.15, -0.1) is 0 Å². The first-order valence-electron chi connectivity index (χ1n) is 14.6. The zero-order chi connectivity index (χ0) is 29.5. The van der Waals surface area contributed by atoms with E-state index in [1.807, 2.05) is 48.5 Å². The molecule has 4 amide bonds. The van der Waals surface area contributed by atoms with Gasteiger partial charge in [0.2, 0.25) is 0 Å². The normalized spacial score (nSPS) is 20.3. The number of urea groups is 1. The van der Waals surface area contributed by atoms with Crippen molar-refractivity contribution < 1.29 is 23.9 Å². The number of anilines is 1. The van der Waals surface area contributed by atoms with E-state index in [2.05, 4.69) is 15.2 Å². The number of carbonyl (C=O) groups excluding carboxylic acids is 3. The van der Waals surface area contributed by atoms with Crippen molar-refractivity contribution in [2.45, 2.75) is 18.5 Å². The number of aromatic amines is 1. The van der Waals surface area contributed by atoms with E-state index in [1.54, 1.807) is 36.3 Å². The molecule has 0 spiro atoms. The number of methoxy groups -OCH3 is 1. The summed E-state index contributed by atoms with van der Waals surface area (Å²) in [7, 11) is 1.61. The highest BCUT2D eigenvalue weighted by molar-refractivity contribution is 6.22. The van der Waals surface area contributed by atoms with Gasteiger partial charge in [0.25, 0.3) is 11.8 Å². The molecule has 0 unspecified atom stereocenters. The second kappa shape index (κ2) is 11.2. The van der Waals surface area contributed by atoms with Crippen LogP contribution in [0.4, 0.5) is 10.5 Å². The van der Waals surface area contributed by atoms with Crippen LogP contribution in [0.1, 0.15) is 33.2 Å². The molecule has 43 heavy (non-hydrogen) atoms. The fourth-order valence-electron chi connectivity index (χ4n) is 6.49. The van der Waals surface area contributed by atoms with Crippen LogP contribution in [0.25, 0.3) is 10.9 Å². The van der Waals surface area contributed by atoms with E-state index in [9.17, 15) is 14.4 Å². The summed E-state index contributed by atoms with van der Waals surface area (Å²) in [5.74, 6) is 0.197. The van der Waals surface area contributed by atoms with Gasteiger partial charge in [-0.2, -0.15) is 0 Å². The first kappa shape index (κ1) is 27.2. The molecular formula is C33H33N5O5. The number of hydrogen-bond donors (Lipinski definition) is 2. The molecule has 4 aromatic rings. The van der Waals surface area contributed by atoms with Crippen LogP contribution >= 0.6 is 0 Å². The maximum absolute atomic E-state index is 14.1. The molecule has 3 aliphatic rings. The Kier molecular flexibility index (Phi) is 7.08. The van der Waals surface area contributed by atoms with Gasteiger partial charge in [0, 0.05) is 54.8 Å². The molecule has 2 fully saturated rings. The SMILES string of the molecule is COc1cccc([C@@H]2c3[nH]c4ccccc4c3C[C@H]3C(=O)N(c4ccc(C(=O)NCCN5CCOCC5)cc4)C(=O)N23)c1. The number of nitrogens with zero attached hydrogens (tertiary/aromatic N) is 3. The first-order chi connectivity index (χ1) is 21.0. The van der Waals surface area contributed by atoms with E-state index < -0.39 is 18.1 Å². The summed E-state index contributed by atoms with van der Waals surface area (Å²) in [6, 6.07) is 20.7. The molecule has 0 radical (unpaired) electrons. The summed E-state index contributed by atoms with van der Waals surface area (Å²) in [4.78, 5) is 49.6. The molecule has 10 heteroatoms. The molecule has 3 aromatic carbocycles. The Balaban J connectivity index is 1.16. The predicted molar refractivity (Wildman–Crippen MR) is 161 cm³/mol. The molecule has 2 atom stereocenters. The summed E-state index contributed by atoms with van der Waals surface area (Å²) in [5, 5.41) is 4.01. The Hall–Kier alpha value is -4.67. The molecule has 1 aromatic heterocycles. The van der Waals surface area contributed by atoms with Gasteiger partial charge < -0.3 is 19.8 Å². The lowest BCUT2D eigenvalue weighted by atomic mass is 9.89. The zero-order valence-electron chi connectivity index (χ0n) is 23.9. The maximum Gasteiger partial charge on any atom is 0.332 e. The number of rotatable bonds is 7. The van der Waals surface area contributed by atoms with Gasteiger partial charge in [-0.05, 0) is 53.6 Å². The number of fused-ring (bicyclic) bond motifs is 4. The molecule has 7 rings (SSSR count). The van der Waals surface area contributed by atoms with E-state index in [0.29, 0.717) is 43.2 Å². The number of aromatic nitrogens is 1. The van der Waals surface area contributed by atoms with Crippen LogP contribution in [0.15, 0.2) is 72.8 Å². The Morgan fingerprint density at radius 1 is 1.02 bits per heavy atom. The van der Waals surface area contributed by atoms with E-state index in [4.69, 9.17) is 9.47 Å². The van der Waals surface area contributed by atoms with Gasteiger partial charge in [0.1, 0.15) is 17.8 Å². The van der Waals surface area contributed by atoms with Gasteiger partial charge in [-0.25, -0.2) is 9.69 Å². The monoisotopic (exact) mass is 579 g/mol. The van der Waals surface area contributed by atoms with Gasteiger partial charge in [0.05, 0.1) is 26.0 Å². The number of hydrogen-bond acceptors (Lipinski definition) is 6. The number of H-pyrrole nitrogens is 1. The van der Waals surface area contributed by atoms with E-state index in [1.165, 1.54) is 4.90 Å². The van der Waals surface area contributed by atoms with Crippen LogP contribution in [0.2, 0.25) is 0 Å². The smallest absolute Gasteiger partial charge is 0.332 e.